The summed E-state index contributed by atoms with van der Waals surface area (Å²) in [6, 6.07) is 3.19. The lowest BCUT2D eigenvalue weighted by molar-refractivity contribution is -0.134. The van der Waals surface area contributed by atoms with E-state index >= 15 is 0 Å². The number of carbonyl (C=O) groups is 1. The molecule has 98 valence electrons. The maximum atomic E-state index is 13.5. The molecular formula is C12H9F2N3O2. The van der Waals surface area contributed by atoms with Gasteiger partial charge in [0.1, 0.15) is 18.2 Å². The van der Waals surface area contributed by atoms with E-state index in [1.54, 1.807) is 0 Å². The van der Waals surface area contributed by atoms with Crippen LogP contribution in [-0.2, 0) is 4.79 Å². The van der Waals surface area contributed by atoms with E-state index in [-0.39, 0.29) is 18.1 Å². The Hall–Kier alpha value is -2.57. The van der Waals surface area contributed by atoms with E-state index in [2.05, 4.69) is 15.3 Å². The van der Waals surface area contributed by atoms with Crippen LogP contribution in [0.4, 0.5) is 14.7 Å². The number of anilines is 1. The molecule has 2 N–H and O–H groups in total. The Balaban J connectivity index is 2.20. The lowest BCUT2D eigenvalue weighted by atomic mass is 10.1. The topological polar surface area (TPSA) is 75.1 Å². The summed E-state index contributed by atoms with van der Waals surface area (Å²) in [7, 11) is 0. The fourth-order valence-electron chi connectivity index (χ4n) is 1.44. The third-order valence-corrected chi connectivity index (χ3v) is 2.29. The fourth-order valence-corrected chi connectivity index (χ4v) is 1.44. The molecule has 0 saturated heterocycles. The summed E-state index contributed by atoms with van der Waals surface area (Å²) in [5, 5.41) is 10.9. The third kappa shape index (κ3) is 3.21. The summed E-state index contributed by atoms with van der Waals surface area (Å²) in [4.78, 5) is 18.0. The highest BCUT2D eigenvalue weighted by Crippen LogP contribution is 2.22. The van der Waals surface area contributed by atoms with Gasteiger partial charge < -0.3 is 10.4 Å². The number of nitrogens with zero attached hydrogens (tertiary/aromatic N) is 2. The molecule has 2 rings (SSSR count). The van der Waals surface area contributed by atoms with E-state index in [1.165, 1.54) is 18.5 Å². The molecule has 0 bridgehead atoms. The van der Waals surface area contributed by atoms with Crippen molar-refractivity contribution in [3.05, 3.63) is 42.2 Å². The number of carboxylic acids is 1. The molecule has 19 heavy (non-hydrogen) atoms. The lowest BCUT2D eigenvalue weighted by Crippen LogP contribution is -2.14. The zero-order valence-corrected chi connectivity index (χ0v) is 9.60. The van der Waals surface area contributed by atoms with E-state index in [4.69, 9.17) is 5.11 Å². The van der Waals surface area contributed by atoms with Gasteiger partial charge in [0.15, 0.2) is 0 Å². The number of nitrogens with one attached hydrogen (secondary N) is 1. The van der Waals surface area contributed by atoms with Crippen molar-refractivity contribution >= 4 is 11.9 Å². The predicted molar refractivity (Wildman–Crippen MR) is 63.5 cm³/mol. The second kappa shape index (κ2) is 5.38. The van der Waals surface area contributed by atoms with E-state index < -0.39 is 17.6 Å². The van der Waals surface area contributed by atoms with Gasteiger partial charge in [0, 0.05) is 29.6 Å². The first-order valence-corrected chi connectivity index (χ1v) is 5.29. The number of rotatable bonds is 4. The number of aromatic nitrogens is 2. The van der Waals surface area contributed by atoms with Crippen LogP contribution < -0.4 is 5.32 Å². The average molecular weight is 265 g/mol. The highest BCUT2D eigenvalue weighted by Gasteiger charge is 2.07. The largest absolute Gasteiger partial charge is 0.480 e. The molecule has 7 heteroatoms. The van der Waals surface area contributed by atoms with Crippen LogP contribution in [0, 0.1) is 11.6 Å². The van der Waals surface area contributed by atoms with Crippen molar-refractivity contribution in [2.24, 2.45) is 0 Å². The van der Waals surface area contributed by atoms with Crippen LogP contribution in [0.5, 0.6) is 0 Å². The Morgan fingerprint density at radius 2 is 1.95 bits per heavy atom. The molecule has 0 atom stereocenters. The monoisotopic (exact) mass is 265 g/mol. The van der Waals surface area contributed by atoms with Crippen LogP contribution in [0.15, 0.2) is 30.6 Å². The minimum Gasteiger partial charge on any atom is -0.480 e. The van der Waals surface area contributed by atoms with Gasteiger partial charge in [-0.2, -0.15) is 0 Å². The molecule has 0 saturated carbocycles. The van der Waals surface area contributed by atoms with Crippen LogP contribution >= 0.6 is 0 Å². The first kappa shape index (κ1) is 12.9. The minimum atomic E-state index is -1.04. The minimum absolute atomic E-state index is 0.119. The van der Waals surface area contributed by atoms with Crippen LogP contribution in [-0.4, -0.2) is 27.6 Å². The van der Waals surface area contributed by atoms with E-state index in [1.807, 2.05) is 0 Å². The summed E-state index contributed by atoms with van der Waals surface area (Å²) in [5.74, 6) is -2.30. The first-order valence-electron chi connectivity index (χ1n) is 5.29. The van der Waals surface area contributed by atoms with E-state index in [0.29, 0.717) is 5.56 Å². The Kier molecular flexibility index (Phi) is 3.65. The highest BCUT2D eigenvalue weighted by atomic mass is 19.1. The normalized spacial score (nSPS) is 10.2. The number of aliphatic carboxylic acids is 1. The van der Waals surface area contributed by atoms with Crippen molar-refractivity contribution in [2.45, 2.75) is 0 Å². The first-order chi connectivity index (χ1) is 9.06. The van der Waals surface area contributed by atoms with Gasteiger partial charge in [0.25, 0.3) is 0 Å². The maximum absolute atomic E-state index is 13.5. The molecule has 5 nitrogen and oxygen atoms in total. The third-order valence-electron chi connectivity index (χ3n) is 2.29. The molecule has 1 aromatic heterocycles. The van der Waals surface area contributed by atoms with Gasteiger partial charge in [-0.25, -0.2) is 18.7 Å². The fraction of sp³-hybridized carbons (Fsp3) is 0.0833. The standard InChI is InChI=1S/C12H9F2N3O2/c13-8-1-2-9(10(14)3-8)7-4-15-12(16-5-7)17-6-11(18)19/h1-5H,6H2,(H,18,19)(H,15,16,17). The number of hydrogen-bond donors (Lipinski definition) is 2. The maximum Gasteiger partial charge on any atom is 0.322 e. The van der Waals surface area contributed by atoms with Gasteiger partial charge in [0.05, 0.1) is 0 Å². The molecule has 0 radical (unpaired) electrons. The van der Waals surface area contributed by atoms with Gasteiger partial charge >= 0.3 is 5.97 Å². The summed E-state index contributed by atoms with van der Waals surface area (Å²) in [6.07, 6.45) is 2.65. The van der Waals surface area contributed by atoms with Crippen molar-refractivity contribution in [3.63, 3.8) is 0 Å². The highest BCUT2D eigenvalue weighted by molar-refractivity contribution is 5.72. The molecule has 0 amide bonds. The van der Waals surface area contributed by atoms with Gasteiger partial charge in [0.2, 0.25) is 5.95 Å². The molecule has 0 spiro atoms. The van der Waals surface area contributed by atoms with Crippen molar-refractivity contribution in [2.75, 3.05) is 11.9 Å². The SMILES string of the molecule is O=C(O)CNc1ncc(-c2ccc(F)cc2F)cn1. The molecule has 0 aliphatic rings. The second-order valence-electron chi connectivity index (χ2n) is 3.67. The zero-order chi connectivity index (χ0) is 13.8. The van der Waals surface area contributed by atoms with Gasteiger partial charge in [-0.1, -0.05) is 0 Å². The van der Waals surface area contributed by atoms with E-state index in [0.717, 1.165) is 12.1 Å². The summed E-state index contributed by atoms with van der Waals surface area (Å²) in [6.45, 7) is -0.315. The number of hydrogen-bond acceptors (Lipinski definition) is 4. The molecule has 2 aromatic rings. The Morgan fingerprint density at radius 3 is 2.53 bits per heavy atom. The average Bonchev–Trinajstić information content (AvgIpc) is 2.37. The molecule has 1 heterocycles. The number of benzene rings is 1. The molecule has 1 aromatic carbocycles. The van der Waals surface area contributed by atoms with Crippen LogP contribution in [0.1, 0.15) is 0 Å². The summed E-state index contributed by atoms with van der Waals surface area (Å²) in [5.41, 5.74) is 0.546. The summed E-state index contributed by atoms with van der Waals surface area (Å²) >= 11 is 0. The van der Waals surface area contributed by atoms with Gasteiger partial charge in [-0.3, -0.25) is 4.79 Å². The predicted octanol–water partition coefficient (Wildman–Crippen LogP) is 1.92. The molecule has 0 aliphatic heterocycles. The molecule has 0 fully saturated rings. The van der Waals surface area contributed by atoms with Gasteiger partial charge in [-0.05, 0) is 12.1 Å². The van der Waals surface area contributed by atoms with Crippen LogP contribution in [0.25, 0.3) is 11.1 Å². The van der Waals surface area contributed by atoms with Gasteiger partial charge in [-0.15, -0.1) is 0 Å². The van der Waals surface area contributed by atoms with Crippen molar-refractivity contribution in [1.29, 1.82) is 0 Å². The Labute approximate surface area is 106 Å². The Morgan fingerprint density at radius 1 is 1.26 bits per heavy atom. The summed E-state index contributed by atoms with van der Waals surface area (Å²) < 4.78 is 26.3. The number of halogens is 2. The Bertz CT molecular complexity index is 602. The molecule has 0 aliphatic carbocycles. The molecular weight excluding hydrogens is 256 g/mol. The van der Waals surface area contributed by atoms with Crippen molar-refractivity contribution in [1.82, 2.24) is 9.97 Å². The zero-order valence-electron chi connectivity index (χ0n) is 9.60. The lowest BCUT2D eigenvalue weighted by Gasteiger charge is -2.05. The quantitative estimate of drug-likeness (QED) is 0.883. The second-order valence-corrected chi connectivity index (χ2v) is 3.67. The van der Waals surface area contributed by atoms with Crippen molar-refractivity contribution in [3.8, 4) is 11.1 Å². The van der Waals surface area contributed by atoms with Crippen LogP contribution in [0.3, 0.4) is 0 Å². The number of carboxylic acid groups (broad SMARTS) is 1. The molecule has 0 unspecified atom stereocenters. The van der Waals surface area contributed by atoms with E-state index in [9.17, 15) is 13.6 Å². The van der Waals surface area contributed by atoms with Crippen LogP contribution in [0.2, 0.25) is 0 Å². The van der Waals surface area contributed by atoms with Crippen molar-refractivity contribution < 1.29 is 18.7 Å². The smallest absolute Gasteiger partial charge is 0.322 e.